The lowest BCUT2D eigenvalue weighted by atomic mass is 10.2. The molecular formula is C12H15N3O5S. The average molecular weight is 313 g/mol. The van der Waals surface area contributed by atoms with Crippen molar-refractivity contribution in [2.24, 2.45) is 0 Å². The third-order valence-electron chi connectivity index (χ3n) is 2.77. The van der Waals surface area contributed by atoms with Crippen molar-refractivity contribution in [3.63, 3.8) is 0 Å². The number of benzene rings is 1. The lowest BCUT2D eigenvalue weighted by Crippen LogP contribution is -2.39. The van der Waals surface area contributed by atoms with Crippen LogP contribution >= 0.6 is 0 Å². The van der Waals surface area contributed by atoms with Gasteiger partial charge < -0.3 is 10.1 Å². The lowest BCUT2D eigenvalue weighted by molar-refractivity contribution is -0.124. The number of amides is 2. The minimum Gasteiger partial charge on any atom is -0.445 e. The van der Waals surface area contributed by atoms with E-state index in [1.165, 1.54) is 0 Å². The van der Waals surface area contributed by atoms with E-state index in [9.17, 15) is 18.0 Å². The molecule has 8 nitrogen and oxygen atoms in total. The second-order valence-corrected chi connectivity index (χ2v) is 5.96. The number of hydrogen-bond acceptors (Lipinski definition) is 5. The van der Waals surface area contributed by atoms with Crippen LogP contribution in [0.25, 0.3) is 0 Å². The molecule has 1 aliphatic heterocycles. The van der Waals surface area contributed by atoms with Crippen molar-refractivity contribution >= 4 is 22.2 Å². The fraction of sp³-hybridized carbons (Fsp3) is 0.333. The number of carbonyl (C=O) groups excluding carboxylic acids is 2. The van der Waals surface area contributed by atoms with Gasteiger partial charge in [0.25, 0.3) is 5.91 Å². The van der Waals surface area contributed by atoms with Crippen LogP contribution in [-0.2, 0) is 26.3 Å². The molecule has 0 atom stereocenters. The molecule has 0 aromatic heterocycles. The number of rotatable bonds is 5. The molecule has 0 aliphatic carbocycles. The zero-order chi connectivity index (χ0) is 15.3. The molecule has 0 unspecified atom stereocenters. The Hall–Kier alpha value is -2.13. The van der Waals surface area contributed by atoms with Crippen LogP contribution < -0.4 is 10.0 Å². The Labute approximate surface area is 122 Å². The first-order chi connectivity index (χ1) is 9.99. The molecule has 2 N–H and O–H groups in total. The topological polar surface area (TPSA) is 105 Å². The second-order valence-electron chi connectivity index (χ2n) is 4.28. The summed E-state index contributed by atoms with van der Waals surface area (Å²) < 4.78 is 30.5. The number of alkyl carbamates (subject to hydrolysis) is 1. The van der Waals surface area contributed by atoms with Gasteiger partial charge in [-0.3, -0.25) is 4.79 Å². The van der Waals surface area contributed by atoms with Crippen LogP contribution in [0.15, 0.2) is 30.3 Å². The summed E-state index contributed by atoms with van der Waals surface area (Å²) in [6, 6.07) is 9.13. The SMILES string of the molecule is O=C(NCCN1C(=O)CNS1(=O)=O)OCc1ccccc1. The van der Waals surface area contributed by atoms with E-state index < -0.39 is 22.2 Å². The number of carbonyl (C=O) groups is 2. The van der Waals surface area contributed by atoms with E-state index in [2.05, 4.69) is 10.0 Å². The molecule has 114 valence electrons. The Morgan fingerprint density at radius 2 is 2.05 bits per heavy atom. The molecule has 0 saturated carbocycles. The number of ether oxygens (including phenoxy) is 1. The average Bonchev–Trinajstić information content (AvgIpc) is 2.73. The van der Waals surface area contributed by atoms with E-state index in [4.69, 9.17) is 4.74 Å². The van der Waals surface area contributed by atoms with Gasteiger partial charge >= 0.3 is 16.3 Å². The first kappa shape index (κ1) is 15.3. The van der Waals surface area contributed by atoms with Crippen molar-refractivity contribution in [3.8, 4) is 0 Å². The van der Waals surface area contributed by atoms with E-state index in [0.29, 0.717) is 4.31 Å². The maximum absolute atomic E-state index is 11.4. The van der Waals surface area contributed by atoms with Crippen LogP contribution in [0.5, 0.6) is 0 Å². The summed E-state index contributed by atoms with van der Waals surface area (Å²) in [7, 11) is -3.75. The molecule has 1 aromatic rings. The fourth-order valence-corrected chi connectivity index (χ4v) is 2.86. The highest BCUT2D eigenvalue weighted by Gasteiger charge is 2.33. The highest BCUT2D eigenvalue weighted by Crippen LogP contribution is 2.04. The van der Waals surface area contributed by atoms with Crippen molar-refractivity contribution in [1.29, 1.82) is 0 Å². The summed E-state index contributed by atoms with van der Waals surface area (Å²) in [5.74, 6) is -0.547. The van der Waals surface area contributed by atoms with Gasteiger partial charge in [0.1, 0.15) is 6.61 Å². The maximum atomic E-state index is 11.4. The summed E-state index contributed by atoms with van der Waals surface area (Å²) in [5.41, 5.74) is 0.842. The van der Waals surface area contributed by atoms with Crippen LogP contribution in [-0.4, -0.2) is 44.4 Å². The Balaban J connectivity index is 1.71. The van der Waals surface area contributed by atoms with Crippen molar-refractivity contribution in [3.05, 3.63) is 35.9 Å². The second kappa shape index (κ2) is 6.55. The normalized spacial score (nSPS) is 16.8. The zero-order valence-corrected chi connectivity index (χ0v) is 11.9. The van der Waals surface area contributed by atoms with Gasteiger partial charge in [0.15, 0.2) is 0 Å². The first-order valence-electron chi connectivity index (χ1n) is 6.24. The molecule has 21 heavy (non-hydrogen) atoms. The monoisotopic (exact) mass is 313 g/mol. The summed E-state index contributed by atoms with van der Waals surface area (Å²) in [5, 5.41) is 2.39. The van der Waals surface area contributed by atoms with Gasteiger partial charge in [0.2, 0.25) is 0 Å². The van der Waals surface area contributed by atoms with Gasteiger partial charge in [-0.05, 0) is 5.56 Å². The van der Waals surface area contributed by atoms with Crippen LogP contribution in [0.3, 0.4) is 0 Å². The fourth-order valence-electron chi connectivity index (χ4n) is 1.73. The predicted octanol–water partition coefficient (Wildman–Crippen LogP) is -0.411. The quantitative estimate of drug-likeness (QED) is 0.769. The van der Waals surface area contributed by atoms with Gasteiger partial charge in [-0.25, -0.2) is 9.10 Å². The first-order valence-corrected chi connectivity index (χ1v) is 7.68. The number of nitrogens with zero attached hydrogens (tertiary/aromatic N) is 1. The number of nitrogens with one attached hydrogen (secondary N) is 2. The molecule has 1 aromatic carbocycles. The molecule has 2 amide bonds. The molecule has 1 saturated heterocycles. The van der Waals surface area contributed by atoms with E-state index >= 15 is 0 Å². The van der Waals surface area contributed by atoms with Gasteiger partial charge in [-0.2, -0.15) is 13.1 Å². The Bertz CT molecular complexity index is 617. The van der Waals surface area contributed by atoms with E-state index in [0.717, 1.165) is 5.56 Å². The highest BCUT2D eigenvalue weighted by atomic mass is 32.2. The standard InChI is InChI=1S/C12H15N3O5S/c16-11-8-14-21(18,19)15(11)7-6-13-12(17)20-9-10-4-2-1-3-5-10/h1-5,14H,6-9H2,(H,13,17). The van der Waals surface area contributed by atoms with Crippen molar-refractivity contribution in [2.75, 3.05) is 19.6 Å². The van der Waals surface area contributed by atoms with Crippen LogP contribution in [0.4, 0.5) is 4.79 Å². The smallest absolute Gasteiger partial charge is 0.407 e. The van der Waals surface area contributed by atoms with Crippen molar-refractivity contribution in [2.45, 2.75) is 6.61 Å². The Morgan fingerprint density at radius 1 is 1.33 bits per heavy atom. The molecule has 1 heterocycles. The molecule has 9 heteroatoms. The molecule has 1 aliphatic rings. The molecule has 0 radical (unpaired) electrons. The highest BCUT2D eigenvalue weighted by molar-refractivity contribution is 7.88. The summed E-state index contributed by atoms with van der Waals surface area (Å²) in [6.07, 6.45) is -0.671. The third kappa shape index (κ3) is 4.17. The Kier molecular flexibility index (Phi) is 4.76. The van der Waals surface area contributed by atoms with Gasteiger partial charge in [-0.1, -0.05) is 30.3 Å². The summed E-state index contributed by atoms with van der Waals surface area (Å²) >= 11 is 0. The van der Waals surface area contributed by atoms with Crippen LogP contribution in [0.2, 0.25) is 0 Å². The minimum atomic E-state index is -3.75. The minimum absolute atomic E-state index is 0.0136. The van der Waals surface area contributed by atoms with Gasteiger partial charge in [-0.15, -0.1) is 0 Å². The lowest BCUT2D eigenvalue weighted by Gasteiger charge is -2.14. The molecular weight excluding hydrogens is 298 g/mol. The van der Waals surface area contributed by atoms with Gasteiger partial charge in [0, 0.05) is 6.54 Å². The largest absolute Gasteiger partial charge is 0.445 e. The zero-order valence-electron chi connectivity index (χ0n) is 11.1. The molecule has 1 fully saturated rings. The van der Waals surface area contributed by atoms with E-state index in [1.54, 1.807) is 0 Å². The van der Waals surface area contributed by atoms with E-state index in [1.807, 2.05) is 30.3 Å². The van der Waals surface area contributed by atoms with E-state index in [-0.39, 0.29) is 26.2 Å². The van der Waals surface area contributed by atoms with Crippen LogP contribution in [0, 0.1) is 0 Å². The summed E-state index contributed by atoms with van der Waals surface area (Å²) in [4.78, 5) is 22.7. The summed E-state index contributed by atoms with van der Waals surface area (Å²) in [6.45, 7) is -0.273. The van der Waals surface area contributed by atoms with Gasteiger partial charge in [0.05, 0.1) is 13.1 Å². The maximum Gasteiger partial charge on any atom is 0.407 e. The third-order valence-corrected chi connectivity index (χ3v) is 4.25. The van der Waals surface area contributed by atoms with Crippen molar-refractivity contribution < 1.29 is 22.7 Å². The predicted molar refractivity (Wildman–Crippen MR) is 73.3 cm³/mol. The molecule has 0 spiro atoms. The Morgan fingerprint density at radius 3 is 2.67 bits per heavy atom. The molecule has 0 bridgehead atoms. The van der Waals surface area contributed by atoms with Crippen LogP contribution in [0.1, 0.15) is 5.56 Å². The number of hydrogen-bond donors (Lipinski definition) is 2. The molecule has 2 rings (SSSR count). The van der Waals surface area contributed by atoms with Crippen molar-refractivity contribution in [1.82, 2.24) is 14.3 Å².